The highest BCUT2D eigenvalue weighted by Crippen LogP contribution is 2.37. The van der Waals surface area contributed by atoms with E-state index >= 15 is 0 Å². The molecule has 1 aromatic carbocycles. The molecule has 6 rings (SSSR count). The number of nitrogens with one attached hydrogen (secondary N) is 2. The molecule has 0 radical (unpaired) electrons. The number of amides is 2. The first-order valence-electron chi connectivity index (χ1n) is 12.6. The van der Waals surface area contributed by atoms with Crippen molar-refractivity contribution in [2.45, 2.75) is 37.6 Å². The normalized spacial score (nSPS) is 19.9. The molecule has 0 fully saturated rings. The van der Waals surface area contributed by atoms with E-state index in [2.05, 4.69) is 55.9 Å². The average molecular weight is 490 g/mol. The topological polar surface area (TPSA) is 96.9 Å². The van der Waals surface area contributed by atoms with Crippen LogP contribution in [-0.4, -0.2) is 26.8 Å². The molecule has 0 bridgehead atoms. The molecule has 2 N–H and O–H groups in total. The summed E-state index contributed by atoms with van der Waals surface area (Å²) in [6.07, 6.45) is 7.84. The van der Waals surface area contributed by atoms with Gasteiger partial charge in [0, 0.05) is 36.6 Å². The van der Waals surface area contributed by atoms with Gasteiger partial charge in [-0.1, -0.05) is 42.5 Å². The van der Waals surface area contributed by atoms with Gasteiger partial charge in [-0.2, -0.15) is 0 Å². The maximum Gasteiger partial charge on any atom is 0.253 e. The number of fused-ring (bicyclic) bond motifs is 2. The zero-order valence-electron chi connectivity index (χ0n) is 20.3. The maximum atomic E-state index is 13.4. The number of benzene rings is 1. The zero-order valence-corrected chi connectivity index (χ0v) is 20.3. The fourth-order valence-electron chi connectivity index (χ4n) is 5.47. The van der Waals surface area contributed by atoms with Crippen LogP contribution in [0.1, 0.15) is 56.8 Å². The molecule has 2 aliphatic rings. The van der Waals surface area contributed by atoms with E-state index in [1.54, 1.807) is 30.7 Å². The van der Waals surface area contributed by atoms with E-state index in [0.717, 1.165) is 29.8 Å². The number of anilines is 1. The van der Waals surface area contributed by atoms with Gasteiger partial charge in [0.05, 0.1) is 17.3 Å². The first kappa shape index (κ1) is 23.0. The molecule has 3 unspecified atom stereocenters. The Morgan fingerprint density at radius 1 is 0.811 bits per heavy atom. The molecule has 3 heterocycles. The van der Waals surface area contributed by atoms with Crippen molar-refractivity contribution in [1.82, 2.24) is 20.3 Å². The molecule has 0 saturated heterocycles. The molecule has 2 aliphatic carbocycles. The highest BCUT2D eigenvalue weighted by molar-refractivity contribution is 5.95. The predicted molar refractivity (Wildman–Crippen MR) is 140 cm³/mol. The number of aromatic nitrogens is 3. The molecule has 3 aromatic heterocycles. The smallest absolute Gasteiger partial charge is 0.253 e. The monoisotopic (exact) mass is 489 g/mol. The highest BCUT2D eigenvalue weighted by Gasteiger charge is 2.32. The average Bonchev–Trinajstić information content (AvgIpc) is 3.38. The highest BCUT2D eigenvalue weighted by atomic mass is 16.2. The van der Waals surface area contributed by atoms with E-state index in [0.29, 0.717) is 30.1 Å². The molecule has 37 heavy (non-hydrogen) atoms. The Morgan fingerprint density at radius 3 is 2.49 bits per heavy atom. The van der Waals surface area contributed by atoms with Crippen molar-refractivity contribution in [2.24, 2.45) is 5.92 Å². The lowest BCUT2D eigenvalue weighted by Crippen LogP contribution is -2.34. The minimum absolute atomic E-state index is 0.0838. The van der Waals surface area contributed by atoms with Crippen LogP contribution >= 0.6 is 0 Å². The van der Waals surface area contributed by atoms with Gasteiger partial charge < -0.3 is 10.6 Å². The summed E-state index contributed by atoms with van der Waals surface area (Å²) in [5.41, 5.74) is 5.68. The molecular weight excluding hydrogens is 462 g/mol. The summed E-state index contributed by atoms with van der Waals surface area (Å²) in [4.78, 5) is 39.5. The van der Waals surface area contributed by atoms with Crippen LogP contribution in [0.4, 0.5) is 5.82 Å². The zero-order chi connectivity index (χ0) is 25.2. The summed E-state index contributed by atoms with van der Waals surface area (Å²) in [5, 5.41) is 6.09. The Labute approximate surface area is 215 Å². The summed E-state index contributed by atoms with van der Waals surface area (Å²) >= 11 is 0. The SMILES string of the molecule is O=C(NC1CC(c2ccccc2)Cc2cccnc21)c1cnc2c(c1)CC(C(=O)Nc1ccccn1)C2. The second-order valence-corrected chi connectivity index (χ2v) is 9.76. The van der Waals surface area contributed by atoms with E-state index in [9.17, 15) is 9.59 Å². The first-order valence-corrected chi connectivity index (χ1v) is 12.6. The second kappa shape index (κ2) is 9.93. The minimum Gasteiger partial charge on any atom is -0.344 e. The molecular formula is C30H27N5O2. The van der Waals surface area contributed by atoms with Crippen LogP contribution in [0.15, 0.2) is 85.3 Å². The summed E-state index contributed by atoms with van der Waals surface area (Å²) in [6.45, 7) is 0. The van der Waals surface area contributed by atoms with Crippen LogP contribution in [0.25, 0.3) is 0 Å². The predicted octanol–water partition coefficient (Wildman–Crippen LogP) is 4.43. The van der Waals surface area contributed by atoms with Crippen LogP contribution < -0.4 is 10.6 Å². The number of carbonyl (C=O) groups excluding carboxylic acids is 2. The molecule has 0 saturated carbocycles. The third-order valence-corrected chi connectivity index (χ3v) is 7.33. The van der Waals surface area contributed by atoms with Crippen LogP contribution in [0.2, 0.25) is 0 Å². The second-order valence-electron chi connectivity index (χ2n) is 9.76. The Kier molecular flexibility index (Phi) is 6.18. The molecule has 0 aliphatic heterocycles. The van der Waals surface area contributed by atoms with Crippen molar-refractivity contribution < 1.29 is 9.59 Å². The number of hydrogen-bond donors (Lipinski definition) is 2. The van der Waals surface area contributed by atoms with Crippen molar-refractivity contribution in [3.63, 3.8) is 0 Å². The Bertz CT molecular complexity index is 1440. The van der Waals surface area contributed by atoms with Crippen molar-refractivity contribution in [1.29, 1.82) is 0 Å². The Balaban J connectivity index is 1.17. The summed E-state index contributed by atoms with van der Waals surface area (Å²) < 4.78 is 0. The van der Waals surface area contributed by atoms with E-state index in [1.807, 2.05) is 24.3 Å². The molecule has 7 heteroatoms. The minimum atomic E-state index is -0.233. The summed E-state index contributed by atoms with van der Waals surface area (Å²) in [6, 6.07) is 21.6. The third kappa shape index (κ3) is 4.85. The number of carbonyl (C=O) groups is 2. The van der Waals surface area contributed by atoms with Gasteiger partial charge in [-0.05, 0) is 66.1 Å². The Hall–Kier alpha value is -4.39. The van der Waals surface area contributed by atoms with Crippen LogP contribution in [0, 0.1) is 5.92 Å². The molecule has 184 valence electrons. The number of hydrogen-bond acceptors (Lipinski definition) is 5. The molecule has 7 nitrogen and oxygen atoms in total. The van der Waals surface area contributed by atoms with E-state index in [4.69, 9.17) is 0 Å². The fraction of sp³-hybridized carbons (Fsp3) is 0.233. The maximum absolute atomic E-state index is 13.4. The van der Waals surface area contributed by atoms with Crippen LogP contribution in [-0.2, 0) is 24.1 Å². The van der Waals surface area contributed by atoms with Gasteiger partial charge in [-0.3, -0.25) is 19.6 Å². The lowest BCUT2D eigenvalue weighted by Gasteiger charge is -2.31. The lowest BCUT2D eigenvalue weighted by molar-refractivity contribution is -0.119. The standard InChI is InChI=1S/C30H27N5O2/c36-29(35-27-10-4-5-11-31-27)23-14-22-15-24(18-33-25(22)17-23)30(37)34-26-16-21(19-7-2-1-3-8-19)13-20-9-6-12-32-28(20)26/h1-12,15,18,21,23,26H,13-14,16-17H2,(H,34,37)(H,31,35,36). The number of rotatable bonds is 5. The van der Waals surface area contributed by atoms with Gasteiger partial charge in [0.25, 0.3) is 5.91 Å². The van der Waals surface area contributed by atoms with E-state index < -0.39 is 0 Å². The van der Waals surface area contributed by atoms with Crippen LogP contribution in [0.3, 0.4) is 0 Å². The molecule has 0 spiro atoms. The van der Waals surface area contributed by atoms with E-state index in [-0.39, 0.29) is 23.8 Å². The van der Waals surface area contributed by atoms with Crippen LogP contribution in [0.5, 0.6) is 0 Å². The first-order chi connectivity index (χ1) is 18.1. The summed E-state index contributed by atoms with van der Waals surface area (Å²) in [7, 11) is 0. The van der Waals surface area contributed by atoms with Gasteiger partial charge in [0.2, 0.25) is 5.91 Å². The quantitative estimate of drug-likeness (QED) is 0.432. The number of pyridine rings is 3. The van der Waals surface area contributed by atoms with Gasteiger partial charge in [-0.15, -0.1) is 0 Å². The van der Waals surface area contributed by atoms with Crippen molar-refractivity contribution in [2.75, 3.05) is 5.32 Å². The number of nitrogens with zero attached hydrogens (tertiary/aromatic N) is 3. The lowest BCUT2D eigenvalue weighted by atomic mass is 9.79. The van der Waals surface area contributed by atoms with Gasteiger partial charge in [0.15, 0.2) is 0 Å². The molecule has 3 atom stereocenters. The fourth-order valence-corrected chi connectivity index (χ4v) is 5.47. The van der Waals surface area contributed by atoms with Gasteiger partial charge in [-0.25, -0.2) is 4.98 Å². The molecule has 2 amide bonds. The van der Waals surface area contributed by atoms with Gasteiger partial charge >= 0.3 is 0 Å². The Morgan fingerprint density at radius 2 is 1.65 bits per heavy atom. The van der Waals surface area contributed by atoms with Crippen molar-refractivity contribution in [3.05, 3.63) is 119 Å². The van der Waals surface area contributed by atoms with Crippen molar-refractivity contribution >= 4 is 17.6 Å². The van der Waals surface area contributed by atoms with E-state index in [1.165, 1.54) is 11.1 Å². The third-order valence-electron chi connectivity index (χ3n) is 7.33. The molecule has 4 aromatic rings. The largest absolute Gasteiger partial charge is 0.344 e. The summed E-state index contributed by atoms with van der Waals surface area (Å²) in [5.74, 6) is 0.349. The van der Waals surface area contributed by atoms with Crippen molar-refractivity contribution in [3.8, 4) is 0 Å². The van der Waals surface area contributed by atoms with Gasteiger partial charge in [0.1, 0.15) is 5.82 Å².